The summed E-state index contributed by atoms with van der Waals surface area (Å²) in [7, 11) is 4.24. The minimum absolute atomic E-state index is 0.118. The molecule has 0 N–H and O–H groups in total. The number of fused-ring (bicyclic) bond motifs is 5. The van der Waals surface area contributed by atoms with Crippen molar-refractivity contribution in [1.29, 1.82) is 0 Å². The Kier molecular flexibility index (Phi) is 5.58. The predicted molar refractivity (Wildman–Crippen MR) is 124 cm³/mol. The van der Waals surface area contributed by atoms with E-state index in [0.29, 0.717) is 6.61 Å². The largest absolute Gasteiger partial charge is 0.448 e. The van der Waals surface area contributed by atoms with Crippen LogP contribution in [-0.4, -0.2) is 55.2 Å². The Balaban J connectivity index is 1.30. The molecule has 0 spiro atoms. The molecule has 1 amide bonds. The van der Waals surface area contributed by atoms with Crippen LogP contribution in [0, 0.1) is 0 Å². The molecular weight excluding hydrogens is 384 g/mol. The van der Waals surface area contributed by atoms with Crippen LogP contribution < -0.4 is 0 Å². The molecule has 2 heterocycles. The summed E-state index contributed by atoms with van der Waals surface area (Å²) >= 11 is 0. The monoisotopic (exact) mass is 416 g/mol. The zero-order valence-electron chi connectivity index (χ0n) is 18.6. The van der Waals surface area contributed by atoms with Gasteiger partial charge >= 0.3 is 6.09 Å². The van der Waals surface area contributed by atoms with E-state index in [9.17, 15) is 4.79 Å². The fourth-order valence-electron chi connectivity index (χ4n) is 5.62. The molecule has 4 heteroatoms. The number of benzene rings is 2. The average molecular weight is 417 g/mol. The van der Waals surface area contributed by atoms with E-state index in [2.05, 4.69) is 73.6 Å². The summed E-state index contributed by atoms with van der Waals surface area (Å²) in [6.07, 6.45) is 7.62. The van der Waals surface area contributed by atoms with E-state index in [-0.39, 0.29) is 24.1 Å². The molecule has 2 aliphatic heterocycles. The van der Waals surface area contributed by atoms with Crippen molar-refractivity contribution in [3.8, 4) is 11.1 Å². The van der Waals surface area contributed by atoms with Gasteiger partial charge in [0, 0.05) is 18.5 Å². The van der Waals surface area contributed by atoms with Crippen molar-refractivity contribution < 1.29 is 9.53 Å². The molecule has 1 fully saturated rings. The summed E-state index contributed by atoms with van der Waals surface area (Å²) in [5.74, 6) is 0.118. The van der Waals surface area contributed by atoms with E-state index in [1.165, 1.54) is 34.2 Å². The molecule has 2 aromatic carbocycles. The summed E-state index contributed by atoms with van der Waals surface area (Å²) < 4.78 is 6.00. The van der Waals surface area contributed by atoms with Crippen LogP contribution in [0.5, 0.6) is 0 Å². The van der Waals surface area contributed by atoms with Gasteiger partial charge in [0.25, 0.3) is 0 Å². The topological polar surface area (TPSA) is 32.8 Å². The van der Waals surface area contributed by atoms with Crippen LogP contribution in [0.3, 0.4) is 0 Å². The van der Waals surface area contributed by atoms with Gasteiger partial charge in [-0.25, -0.2) is 4.79 Å². The molecule has 1 saturated heterocycles. The normalized spacial score (nSPS) is 22.2. The summed E-state index contributed by atoms with van der Waals surface area (Å²) in [5, 5.41) is 0. The number of hydrogen-bond donors (Lipinski definition) is 0. The number of carbonyl (C=O) groups excluding carboxylic acids is 1. The Morgan fingerprint density at radius 3 is 2.35 bits per heavy atom. The first-order chi connectivity index (χ1) is 15.1. The number of rotatable bonds is 5. The fourth-order valence-corrected chi connectivity index (χ4v) is 5.62. The van der Waals surface area contributed by atoms with Crippen molar-refractivity contribution in [3.05, 3.63) is 71.3 Å². The fraction of sp³-hybridized carbons (Fsp3) is 0.444. The first-order valence-corrected chi connectivity index (χ1v) is 11.6. The van der Waals surface area contributed by atoms with Gasteiger partial charge in [0.05, 0.1) is 6.04 Å². The third-order valence-corrected chi connectivity index (χ3v) is 7.14. The highest BCUT2D eigenvalue weighted by Crippen LogP contribution is 2.44. The van der Waals surface area contributed by atoms with Crippen LogP contribution in [0.4, 0.5) is 4.79 Å². The highest BCUT2D eigenvalue weighted by Gasteiger charge is 2.38. The Bertz CT molecular complexity index is 951. The predicted octanol–water partition coefficient (Wildman–Crippen LogP) is 5.44. The van der Waals surface area contributed by atoms with Gasteiger partial charge in [-0.15, -0.1) is 0 Å². The molecular formula is C27H32N2O2. The van der Waals surface area contributed by atoms with E-state index >= 15 is 0 Å². The highest BCUT2D eigenvalue weighted by molar-refractivity contribution is 5.79. The number of nitrogens with zero attached hydrogens (tertiary/aromatic N) is 2. The molecule has 5 rings (SSSR count). The zero-order chi connectivity index (χ0) is 21.4. The van der Waals surface area contributed by atoms with E-state index in [1.54, 1.807) is 0 Å². The van der Waals surface area contributed by atoms with E-state index in [4.69, 9.17) is 4.74 Å². The smallest absolute Gasteiger partial charge is 0.410 e. The zero-order valence-corrected chi connectivity index (χ0v) is 18.6. The van der Waals surface area contributed by atoms with Gasteiger partial charge in [0.2, 0.25) is 0 Å². The van der Waals surface area contributed by atoms with Gasteiger partial charge in [0.15, 0.2) is 0 Å². The van der Waals surface area contributed by atoms with Gasteiger partial charge < -0.3 is 9.64 Å². The number of amides is 1. The molecule has 31 heavy (non-hydrogen) atoms. The van der Waals surface area contributed by atoms with Gasteiger partial charge in [-0.1, -0.05) is 60.2 Å². The molecule has 1 aliphatic carbocycles. The molecule has 4 nitrogen and oxygen atoms in total. The molecule has 0 radical (unpaired) electrons. The maximum Gasteiger partial charge on any atom is 0.410 e. The van der Waals surface area contributed by atoms with E-state index in [1.807, 2.05) is 4.90 Å². The number of hydrogen-bond acceptors (Lipinski definition) is 3. The lowest BCUT2D eigenvalue weighted by molar-refractivity contribution is 0.0506. The lowest BCUT2D eigenvalue weighted by Crippen LogP contribution is -2.52. The first-order valence-electron chi connectivity index (χ1n) is 11.6. The lowest BCUT2D eigenvalue weighted by atomic mass is 9.84. The number of carbonyl (C=O) groups is 1. The summed E-state index contributed by atoms with van der Waals surface area (Å²) in [5.41, 5.74) is 6.57. The molecule has 2 atom stereocenters. The van der Waals surface area contributed by atoms with Gasteiger partial charge in [-0.05, 0) is 68.5 Å². The van der Waals surface area contributed by atoms with E-state index < -0.39 is 0 Å². The Morgan fingerprint density at radius 2 is 1.71 bits per heavy atom. The molecule has 0 saturated carbocycles. The second-order valence-electron chi connectivity index (χ2n) is 9.45. The molecule has 3 aliphatic rings. The first kappa shape index (κ1) is 20.3. The van der Waals surface area contributed by atoms with Crippen molar-refractivity contribution in [2.24, 2.45) is 0 Å². The second kappa shape index (κ2) is 8.51. The van der Waals surface area contributed by atoms with E-state index in [0.717, 1.165) is 32.2 Å². The third kappa shape index (κ3) is 3.89. The lowest BCUT2D eigenvalue weighted by Gasteiger charge is -2.44. The molecule has 162 valence electrons. The molecule has 2 bridgehead atoms. The van der Waals surface area contributed by atoms with Crippen molar-refractivity contribution in [3.63, 3.8) is 0 Å². The summed E-state index contributed by atoms with van der Waals surface area (Å²) in [6, 6.07) is 17.5. The Labute approximate surface area is 185 Å². The molecule has 2 unspecified atom stereocenters. The summed E-state index contributed by atoms with van der Waals surface area (Å²) in [6.45, 7) is 1.47. The average Bonchev–Trinajstić information content (AvgIpc) is 3.09. The SMILES string of the molecule is CN(C)CCC1=CC2CCCC(C1)N2C(=O)OCC1c2ccccc2-c2ccccc21. The van der Waals surface area contributed by atoms with Crippen LogP contribution in [0.15, 0.2) is 60.2 Å². The quantitative estimate of drug-likeness (QED) is 0.609. The summed E-state index contributed by atoms with van der Waals surface area (Å²) in [4.78, 5) is 17.5. The number of ether oxygens (including phenoxy) is 1. The van der Waals surface area contributed by atoms with Gasteiger partial charge in [-0.3, -0.25) is 4.90 Å². The van der Waals surface area contributed by atoms with Crippen LogP contribution in [0.1, 0.15) is 49.1 Å². The number of piperidine rings is 1. The van der Waals surface area contributed by atoms with Crippen LogP contribution in [0.25, 0.3) is 11.1 Å². The standard InChI is InChI=1S/C27H32N2O2/c1-28(2)15-14-19-16-20-8-7-9-21(17-19)29(20)27(30)31-18-26-24-12-5-3-10-22(24)23-11-4-6-13-25(23)26/h3-6,10-13,16,20-21,26H,7-9,14-15,17-18H2,1-2H3. The van der Waals surface area contributed by atoms with Gasteiger partial charge in [-0.2, -0.15) is 0 Å². The van der Waals surface area contributed by atoms with Crippen LogP contribution >= 0.6 is 0 Å². The highest BCUT2D eigenvalue weighted by atomic mass is 16.6. The third-order valence-electron chi connectivity index (χ3n) is 7.14. The van der Waals surface area contributed by atoms with Crippen molar-refractivity contribution in [2.75, 3.05) is 27.2 Å². The Hall–Kier alpha value is -2.59. The molecule has 2 aromatic rings. The maximum absolute atomic E-state index is 13.2. The van der Waals surface area contributed by atoms with Crippen molar-refractivity contribution in [2.45, 2.75) is 50.1 Å². The minimum Gasteiger partial charge on any atom is -0.448 e. The Morgan fingerprint density at radius 1 is 1.03 bits per heavy atom. The minimum atomic E-state index is -0.139. The molecule has 0 aromatic heterocycles. The van der Waals surface area contributed by atoms with Crippen molar-refractivity contribution >= 4 is 6.09 Å². The maximum atomic E-state index is 13.2. The van der Waals surface area contributed by atoms with Crippen LogP contribution in [-0.2, 0) is 4.74 Å². The second-order valence-corrected chi connectivity index (χ2v) is 9.45. The van der Waals surface area contributed by atoms with Crippen LogP contribution in [0.2, 0.25) is 0 Å². The van der Waals surface area contributed by atoms with Gasteiger partial charge in [0.1, 0.15) is 6.61 Å². The van der Waals surface area contributed by atoms with Crippen molar-refractivity contribution in [1.82, 2.24) is 9.80 Å².